The molecule has 0 spiro atoms. The summed E-state index contributed by atoms with van der Waals surface area (Å²) < 4.78 is 13.9. The van der Waals surface area contributed by atoms with E-state index in [4.69, 9.17) is 8.83 Å². The fourth-order valence-corrected chi connectivity index (χ4v) is 14.5. The number of hydrogen-bond acceptors (Lipinski definition) is 4. The molecular weight excluding hydrogens is 961 g/mol. The summed E-state index contributed by atoms with van der Waals surface area (Å²) in [4.78, 5) is 4.82. The van der Waals surface area contributed by atoms with Gasteiger partial charge < -0.3 is 18.6 Å². The van der Waals surface area contributed by atoms with Crippen molar-refractivity contribution in [3.63, 3.8) is 0 Å². The van der Waals surface area contributed by atoms with Crippen LogP contribution in [0.4, 0.5) is 34.1 Å². The third-order valence-corrected chi connectivity index (χ3v) is 18.2. The van der Waals surface area contributed by atoms with Gasteiger partial charge in [0.1, 0.15) is 22.3 Å². The second-order valence-corrected chi connectivity index (χ2v) is 23.6. The molecule has 378 valence electrons. The minimum Gasteiger partial charge on any atom is -0.455 e. The first-order valence-corrected chi connectivity index (χ1v) is 27.7. The van der Waals surface area contributed by atoms with Crippen molar-refractivity contribution < 1.29 is 8.83 Å². The second kappa shape index (κ2) is 16.3. The minimum absolute atomic E-state index is 0.253. The van der Waals surface area contributed by atoms with Gasteiger partial charge in [0.2, 0.25) is 0 Å². The monoisotopic (exact) mass is 1020 g/mol. The van der Waals surface area contributed by atoms with Crippen molar-refractivity contribution in [3.05, 3.63) is 264 Å². The summed E-state index contributed by atoms with van der Waals surface area (Å²) in [6.07, 6.45) is 0. The topological polar surface area (TPSA) is 32.8 Å². The number of fused-ring (bicyclic) bond motifs is 19. The zero-order chi connectivity index (χ0) is 53.1. The Kier molecular flexibility index (Phi) is 9.46. The summed E-state index contributed by atoms with van der Waals surface area (Å²) in [6.45, 7) is 14.5. The van der Waals surface area contributed by atoms with Gasteiger partial charge in [-0.3, -0.25) is 0 Å². The van der Waals surface area contributed by atoms with Crippen LogP contribution < -0.4 is 9.80 Å². The lowest BCUT2D eigenvalue weighted by molar-refractivity contribution is 0.600. The summed E-state index contributed by atoms with van der Waals surface area (Å²) in [5, 5.41) is 4.69. The van der Waals surface area contributed by atoms with Crippen LogP contribution in [-0.2, 0) is 16.2 Å². The molecule has 2 aromatic heterocycles. The standard InChI is InChI=1S/C75H56N2O2/c1-73(2)59-42-50(38-40-53(59)64-61(73)44-57(45-22-10-7-11-23-45)71-66(64)55-29-17-20-32-62(55)78-71)77(49-36-34-48(35-37-49)76(46-24-12-8-13-25-46)47-26-14-9-15-27-47)51-39-41-54-60(43-51)75(5,6)69-65(54)67-56-30-18-21-33-63(56)79-72(67)68-52-28-16-19-31-58(52)74(3,4)70(68)69/h7-44H,1-6H3. The molecule has 0 saturated carbocycles. The van der Waals surface area contributed by atoms with Crippen molar-refractivity contribution in [1.29, 1.82) is 0 Å². The number of anilines is 6. The van der Waals surface area contributed by atoms with Crippen LogP contribution in [0.25, 0.3) is 88.4 Å². The quantitative estimate of drug-likeness (QED) is 0.159. The highest BCUT2D eigenvalue weighted by atomic mass is 16.3. The first-order valence-electron chi connectivity index (χ1n) is 27.7. The van der Waals surface area contributed by atoms with Gasteiger partial charge >= 0.3 is 0 Å². The van der Waals surface area contributed by atoms with E-state index in [9.17, 15) is 0 Å². The van der Waals surface area contributed by atoms with Crippen LogP contribution in [0.1, 0.15) is 74.9 Å². The molecule has 0 aliphatic heterocycles. The first-order chi connectivity index (χ1) is 38.5. The second-order valence-electron chi connectivity index (χ2n) is 23.6. The molecule has 3 aliphatic rings. The number of nitrogens with zero attached hydrogens (tertiary/aromatic N) is 2. The number of furan rings is 2. The van der Waals surface area contributed by atoms with E-state index in [-0.39, 0.29) is 16.2 Å². The zero-order valence-corrected chi connectivity index (χ0v) is 45.2. The van der Waals surface area contributed by atoms with Gasteiger partial charge in [0, 0.05) is 83.0 Å². The van der Waals surface area contributed by atoms with Crippen LogP contribution in [0.2, 0.25) is 0 Å². The molecule has 0 N–H and O–H groups in total. The van der Waals surface area contributed by atoms with Crippen LogP contribution in [0.3, 0.4) is 0 Å². The first kappa shape index (κ1) is 45.8. The van der Waals surface area contributed by atoms with Crippen molar-refractivity contribution in [1.82, 2.24) is 0 Å². The molecule has 79 heavy (non-hydrogen) atoms. The molecule has 3 aliphatic carbocycles. The highest BCUT2D eigenvalue weighted by molar-refractivity contribution is 6.21. The fourth-order valence-electron chi connectivity index (χ4n) is 14.5. The van der Waals surface area contributed by atoms with Crippen LogP contribution >= 0.6 is 0 Å². The predicted octanol–water partition coefficient (Wildman–Crippen LogP) is 21.0. The Morgan fingerprint density at radius 1 is 0.291 bits per heavy atom. The highest BCUT2D eigenvalue weighted by Gasteiger charge is 2.49. The Bertz CT molecular complexity index is 4630. The van der Waals surface area contributed by atoms with Gasteiger partial charge in [-0.25, -0.2) is 0 Å². The smallest absolute Gasteiger partial charge is 0.144 e. The van der Waals surface area contributed by atoms with Crippen LogP contribution in [0.5, 0.6) is 0 Å². The number of benzene rings is 11. The molecular formula is C75H56N2O2. The van der Waals surface area contributed by atoms with E-state index in [2.05, 4.69) is 282 Å². The van der Waals surface area contributed by atoms with E-state index in [1.807, 2.05) is 0 Å². The number of hydrogen-bond donors (Lipinski definition) is 0. The number of rotatable bonds is 7. The highest BCUT2D eigenvalue weighted by Crippen LogP contribution is 2.64. The largest absolute Gasteiger partial charge is 0.455 e. The van der Waals surface area contributed by atoms with E-state index in [0.717, 1.165) is 78.4 Å². The Hall–Kier alpha value is -9.38. The molecule has 4 nitrogen and oxygen atoms in total. The van der Waals surface area contributed by atoms with Gasteiger partial charge in [-0.2, -0.15) is 0 Å². The maximum absolute atomic E-state index is 7.04. The normalized spacial score (nSPS) is 14.8. The summed E-state index contributed by atoms with van der Waals surface area (Å²) in [5.74, 6) is 0. The average Bonchev–Trinajstić information content (AvgIpc) is 2.08. The molecule has 0 fully saturated rings. The molecule has 0 amide bonds. The maximum atomic E-state index is 7.04. The van der Waals surface area contributed by atoms with Crippen molar-refractivity contribution in [2.24, 2.45) is 0 Å². The Morgan fingerprint density at radius 2 is 0.709 bits per heavy atom. The van der Waals surface area contributed by atoms with E-state index < -0.39 is 0 Å². The van der Waals surface area contributed by atoms with Gasteiger partial charge in [-0.05, 0) is 158 Å². The molecule has 13 aromatic rings. The molecule has 0 radical (unpaired) electrons. The molecule has 4 heteroatoms. The van der Waals surface area contributed by atoms with Gasteiger partial charge in [0.05, 0.1) is 0 Å². The average molecular weight is 1020 g/mol. The van der Waals surface area contributed by atoms with Crippen molar-refractivity contribution in [2.45, 2.75) is 57.8 Å². The van der Waals surface area contributed by atoms with Crippen LogP contribution in [0.15, 0.2) is 239 Å². The Morgan fingerprint density at radius 3 is 1.32 bits per heavy atom. The summed E-state index contributed by atoms with van der Waals surface area (Å²) >= 11 is 0. The zero-order valence-electron chi connectivity index (χ0n) is 45.2. The maximum Gasteiger partial charge on any atom is 0.144 e. The van der Waals surface area contributed by atoms with E-state index >= 15 is 0 Å². The van der Waals surface area contributed by atoms with E-state index in [0.29, 0.717) is 0 Å². The summed E-state index contributed by atoms with van der Waals surface area (Å²) in [5.41, 5.74) is 27.2. The van der Waals surface area contributed by atoms with Crippen molar-refractivity contribution in [2.75, 3.05) is 9.80 Å². The minimum atomic E-state index is -0.366. The lowest BCUT2D eigenvalue weighted by Gasteiger charge is -2.32. The molecule has 0 saturated heterocycles. The summed E-state index contributed by atoms with van der Waals surface area (Å²) in [6, 6.07) is 84.2. The van der Waals surface area contributed by atoms with Crippen molar-refractivity contribution in [3.8, 4) is 44.5 Å². The molecule has 0 unspecified atom stereocenters. The lowest BCUT2D eigenvalue weighted by atomic mass is 9.72. The van der Waals surface area contributed by atoms with Gasteiger partial charge in [0.15, 0.2) is 0 Å². The fraction of sp³-hybridized carbons (Fsp3) is 0.120. The molecule has 0 bridgehead atoms. The van der Waals surface area contributed by atoms with Crippen molar-refractivity contribution >= 4 is 78.0 Å². The van der Waals surface area contributed by atoms with Gasteiger partial charge in [-0.1, -0.05) is 181 Å². The van der Waals surface area contributed by atoms with Crippen LogP contribution in [-0.4, -0.2) is 0 Å². The molecule has 16 rings (SSSR count). The molecule has 0 atom stereocenters. The summed E-state index contributed by atoms with van der Waals surface area (Å²) in [7, 11) is 0. The van der Waals surface area contributed by atoms with Crippen LogP contribution in [0, 0.1) is 0 Å². The van der Waals surface area contributed by atoms with E-state index in [1.54, 1.807) is 0 Å². The molecule has 2 heterocycles. The van der Waals surface area contributed by atoms with Gasteiger partial charge in [-0.15, -0.1) is 0 Å². The Labute approximate surface area is 460 Å². The SMILES string of the molecule is CC1(C)c2cc(N(c3ccc(N(c4ccccc4)c4ccccc4)cc3)c3ccc4c(c3)C(C)(C)c3c5c(c6oc7ccccc7c6c3-4)-c3ccccc3C5(C)C)ccc2-c2c1cc(-c1ccccc1)c1oc3ccccc3c21. The molecule has 11 aromatic carbocycles. The lowest BCUT2D eigenvalue weighted by Crippen LogP contribution is -2.24. The Balaban J connectivity index is 0.915. The third-order valence-electron chi connectivity index (χ3n) is 18.2. The third kappa shape index (κ3) is 6.31. The van der Waals surface area contributed by atoms with Gasteiger partial charge in [0.25, 0.3) is 0 Å². The predicted molar refractivity (Wildman–Crippen MR) is 328 cm³/mol. The number of para-hydroxylation sites is 4. The van der Waals surface area contributed by atoms with E-state index in [1.165, 1.54) is 77.5 Å².